The number of thiazole rings is 1. The minimum Gasteiger partial charge on any atom is -0.245 e. The molecule has 1 aliphatic carbocycles. The summed E-state index contributed by atoms with van der Waals surface area (Å²) >= 11 is 1.87. The summed E-state index contributed by atoms with van der Waals surface area (Å²) in [6.07, 6.45) is 5.46. The molecule has 1 nitrogen and oxygen atoms in total. The molecular weight excluding hydrogens is 214 g/mol. The topological polar surface area (TPSA) is 12.9 Å². The minimum atomic E-state index is 0.205. The molecule has 1 heterocycles. The molecule has 1 aromatic heterocycles. The van der Waals surface area contributed by atoms with Gasteiger partial charge in [-0.05, 0) is 18.8 Å². The second kappa shape index (κ2) is 4.48. The molecule has 2 rings (SSSR count). The first-order valence-electron chi connectivity index (χ1n) is 6.42. The molecule has 1 aromatic rings. The lowest BCUT2D eigenvalue weighted by Gasteiger charge is -2.24. The maximum absolute atomic E-state index is 4.85. The second-order valence-electron chi connectivity index (χ2n) is 6.28. The Kier molecular flexibility index (Phi) is 3.39. The van der Waals surface area contributed by atoms with E-state index in [0.717, 1.165) is 11.8 Å². The standard InChI is InChI=1S/C14H23NS/c1-10-5-7-11(8-6-10)13-15-12(9-16-13)14(2,3)4/h9-11H,5-8H2,1-4H3. The van der Waals surface area contributed by atoms with Gasteiger partial charge in [0.05, 0.1) is 10.7 Å². The third kappa shape index (κ3) is 2.65. The molecule has 0 bridgehead atoms. The van der Waals surface area contributed by atoms with E-state index in [-0.39, 0.29) is 5.41 Å². The molecule has 0 atom stereocenters. The van der Waals surface area contributed by atoms with Crippen LogP contribution in [-0.2, 0) is 5.41 Å². The maximum atomic E-state index is 4.85. The smallest absolute Gasteiger partial charge is 0.0959 e. The zero-order valence-corrected chi connectivity index (χ0v) is 11.7. The van der Waals surface area contributed by atoms with Gasteiger partial charge in [0.2, 0.25) is 0 Å². The molecule has 1 saturated carbocycles. The second-order valence-corrected chi connectivity index (χ2v) is 7.17. The van der Waals surface area contributed by atoms with Crippen LogP contribution in [0.3, 0.4) is 0 Å². The van der Waals surface area contributed by atoms with Gasteiger partial charge in [0.15, 0.2) is 0 Å². The predicted molar refractivity (Wildman–Crippen MR) is 71.2 cm³/mol. The van der Waals surface area contributed by atoms with Crippen LogP contribution >= 0.6 is 11.3 Å². The highest BCUT2D eigenvalue weighted by Gasteiger charge is 2.24. The Morgan fingerprint density at radius 3 is 2.31 bits per heavy atom. The van der Waals surface area contributed by atoms with Crippen LogP contribution in [0.1, 0.15) is 70.0 Å². The van der Waals surface area contributed by atoms with E-state index in [9.17, 15) is 0 Å². The molecule has 0 N–H and O–H groups in total. The van der Waals surface area contributed by atoms with E-state index in [4.69, 9.17) is 4.98 Å². The Balaban J connectivity index is 2.08. The minimum absolute atomic E-state index is 0.205. The Hall–Kier alpha value is -0.370. The summed E-state index contributed by atoms with van der Waals surface area (Å²) in [5.74, 6) is 1.68. The van der Waals surface area contributed by atoms with Crippen molar-refractivity contribution >= 4 is 11.3 Å². The first-order valence-corrected chi connectivity index (χ1v) is 7.30. The van der Waals surface area contributed by atoms with Crippen molar-refractivity contribution in [1.29, 1.82) is 0 Å². The third-order valence-corrected chi connectivity index (χ3v) is 4.66. The molecule has 0 saturated heterocycles. The summed E-state index contributed by atoms with van der Waals surface area (Å²) in [5.41, 5.74) is 1.47. The van der Waals surface area contributed by atoms with Crippen LogP contribution in [0.5, 0.6) is 0 Å². The molecule has 0 radical (unpaired) electrons. The van der Waals surface area contributed by atoms with Gasteiger partial charge in [0.1, 0.15) is 0 Å². The lowest BCUT2D eigenvalue weighted by atomic mass is 9.83. The Morgan fingerprint density at radius 2 is 1.81 bits per heavy atom. The summed E-state index contributed by atoms with van der Waals surface area (Å²) < 4.78 is 0. The van der Waals surface area contributed by atoms with Gasteiger partial charge in [-0.1, -0.05) is 40.5 Å². The number of hydrogen-bond donors (Lipinski definition) is 0. The first kappa shape index (κ1) is 12.1. The predicted octanol–water partition coefficient (Wildman–Crippen LogP) is 4.73. The molecule has 1 fully saturated rings. The van der Waals surface area contributed by atoms with Crippen LogP contribution in [0, 0.1) is 5.92 Å². The average molecular weight is 237 g/mol. The quantitative estimate of drug-likeness (QED) is 0.688. The van der Waals surface area contributed by atoms with Gasteiger partial charge in [-0.3, -0.25) is 0 Å². The van der Waals surface area contributed by atoms with Crippen molar-refractivity contribution < 1.29 is 0 Å². The van der Waals surface area contributed by atoms with Gasteiger partial charge < -0.3 is 0 Å². The van der Waals surface area contributed by atoms with Crippen molar-refractivity contribution in [3.63, 3.8) is 0 Å². The highest BCUT2D eigenvalue weighted by atomic mass is 32.1. The molecule has 0 aromatic carbocycles. The molecule has 0 aliphatic heterocycles. The van der Waals surface area contributed by atoms with Crippen LogP contribution < -0.4 is 0 Å². The summed E-state index contributed by atoms with van der Waals surface area (Å²) in [4.78, 5) is 4.85. The fourth-order valence-corrected chi connectivity index (χ4v) is 3.54. The summed E-state index contributed by atoms with van der Waals surface area (Å²) in [6.45, 7) is 9.11. The molecule has 0 spiro atoms. The van der Waals surface area contributed by atoms with E-state index in [1.54, 1.807) is 0 Å². The van der Waals surface area contributed by atoms with Crippen molar-refractivity contribution in [2.45, 2.75) is 64.7 Å². The van der Waals surface area contributed by atoms with Gasteiger partial charge >= 0.3 is 0 Å². The van der Waals surface area contributed by atoms with Crippen LogP contribution in [0.25, 0.3) is 0 Å². The van der Waals surface area contributed by atoms with E-state index in [1.165, 1.54) is 36.4 Å². The van der Waals surface area contributed by atoms with Crippen LogP contribution in [-0.4, -0.2) is 4.98 Å². The van der Waals surface area contributed by atoms with Crippen molar-refractivity contribution in [1.82, 2.24) is 4.98 Å². The van der Waals surface area contributed by atoms with Crippen LogP contribution in [0.4, 0.5) is 0 Å². The third-order valence-electron chi connectivity index (χ3n) is 3.66. The Bertz CT molecular complexity index is 340. The number of nitrogens with zero attached hydrogens (tertiary/aromatic N) is 1. The molecule has 0 unspecified atom stereocenters. The lowest BCUT2D eigenvalue weighted by molar-refractivity contribution is 0.346. The molecular formula is C14H23NS. The maximum Gasteiger partial charge on any atom is 0.0959 e. The molecule has 90 valence electrons. The zero-order valence-electron chi connectivity index (χ0n) is 10.9. The van der Waals surface area contributed by atoms with E-state index in [1.807, 2.05) is 11.3 Å². The van der Waals surface area contributed by atoms with Gasteiger partial charge in [-0.2, -0.15) is 0 Å². The van der Waals surface area contributed by atoms with E-state index in [2.05, 4.69) is 33.1 Å². The van der Waals surface area contributed by atoms with Gasteiger partial charge in [0.25, 0.3) is 0 Å². The Morgan fingerprint density at radius 1 is 1.19 bits per heavy atom. The van der Waals surface area contributed by atoms with Crippen molar-refractivity contribution in [2.75, 3.05) is 0 Å². The fourth-order valence-electron chi connectivity index (χ4n) is 2.33. The zero-order chi connectivity index (χ0) is 11.8. The van der Waals surface area contributed by atoms with Crippen molar-refractivity contribution in [3.8, 4) is 0 Å². The normalized spacial score (nSPS) is 27.0. The van der Waals surface area contributed by atoms with Crippen LogP contribution in [0.2, 0.25) is 0 Å². The number of hydrogen-bond acceptors (Lipinski definition) is 2. The van der Waals surface area contributed by atoms with Gasteiger partial charge in [-0.15, -0.1) is 11.3 Å². The van der Waals surface area contributed by atoms with Gasteiger partial charge in [-0.25, -0.2) is 4.98 Å². The lowest BCUT2D eigenvalue weighted by Crippen LogP contribution is -2.13. The van der Waals surface area contributed by atoms with Crippen molar-refractivity contribution in [3.05, 3.63) is 16.1 Å². The summed E-state index contributed by atoms with van der Waals surface area (Å²) in [7, 11) is 0. The monoisotopic (exact) mass is 237 g/mol. The first-order chi connectivity index (χ1) is 7.47. The highest BCUT2D eigenvalue weighted by Crippen LogP contribution is 2.37. The highest BCUT2D eigenvalue weighted by molar-refractivity contribution is 7.09. The summed E-state index contributed by atoms with van der Waals surface area (Å²) in [5, 5.41) is 3.64. The van der Waals surface area contributed by atoms with Gasteiger partial charge in [0, 0.05) is 16.7 Å². The largest absolute Gasteiger partial charge is 0.245 e. The number of rotatable bonds is 1. The molecule has 2 heteroatoms. The number of aromatic nitrogens is 1. The summed E-state index contributed by atoms with van der Waals surface area (Å²) in [6, 6.07) is 0. The SMILES string of the molecule is CC1CCC(c2nc(C(C)(C)C)cs2)CC1. The molecule has 1 aliphatic rings. The average Bonchev–Trinajstić information content (AvgIpc) is 2.67. The fraction of sp³-hybridized carbons (Fsp3) is 0.786. The van der Waals surface area contributed by atoms with E-state index < -0.39 is 0 Å². The molecule has 16 heavy (non-hydrogen) atoms. The van der Waals surface area contributed by atoms with Crippen LogP contribution in [0.15, 0.2) is 5.38 Å². The van der Waals surface area contributed by atoms with Crippen molar-refractivity contribution in [2.24, 2.45) is 5.92 Å². The molecule has 0 amide bonds. The Labute approximate surface area is 103 Å². The van der Waals surface area contributed by atoms with E-state index in [0.29, 0.717) is 0 Å². The van der Waals surface area contributed by atoms with E-state index >= 15 is 0 Å².